The van der Waals surface area contributed by atoms with Crippen LogP contribution in [0.25, 0.3) is 0 Å². The van der Waals surface area contributed by atoms with Crippen molar-refractivity contribution >= 4 is 15.9 Å². The van der Waals surface area contributed by atoms with Gasteiger partial charge in [0.2, 0.25) is 0 Å². The Balaban J connectivity index is 1.93. The highest BCUT2D eigenvalue weighted by atomic mass is 79.9. The Bertz CT molecular complexity index is 427. The van der Waals surface area contributed by atoms with Gasteiger partial charge >= 0.3 is 0 Å². The Morgan fingerprint density at radius 2 is 2.28 bits per heavy atom. The topological polar surface area (TPSA) is 21.3 Å². The predicted molar refractivity (Wildman–Crippen MR) is 78.9 cm³/mol. The molecule has 1 saturated carbocycles. The van der Waals surface area contributed by atoms with Crippen LogP contribution in [0, 0.1) is 0 Å². The van der Waals surface area contributed by atoms with Gasteiger partial charge in [-0.2, -0.15) is 0 Å². The second kappa shape index (κ2) is 6.39. The predicted octanol–water partition coefficient (Wildman–Crippen LogP) is 4.05. The molecule has 0 bridgehead atoms. The largest absolute Gasteiger partial charge is 0.489 e. The Morgan fingerprint density at radius 1 is 1.50 bits per heavy atom. The summed E-state index contributed by atoms with van der Waals surface area (Å²) in [5, 5.41) is 3.51. The molecule has 1 aromatic carbocycles. The summed E-state index contributed by atoms with van der Waals surface area (Å²) in [6.45, 7) is 7.55. The lowest BCUT2D eigenvalue weighted by Crippen LogP contribution is -2.15. The molecule has 18 heavy (non-hydrogen) atoms. The molecule has 1 aromatic rings. The molecule has 2 rings (SSSR count). The van der Waals surface area contributed by atoms with Crippen LogP contribution in [0.15, 0.2) is 34.8 Å². The van der Waals surface area contributed by atoms with Gasteiger partial charge in [0.1, 0.15) is 12.4 Å². The second-order valence-corrected chi connectivity index (χ2v) is 5.65. The number of halogens is 1. The van der Waals surface area contributed by atoms with Crippen molar-refractivity contribution < 1.29 is 4.74 Å². The minimum atomic E-state index is 0.605. The molecule has 3 heteroatoms. The van der Waals surface area contributed by atoms with Crippen molar-refractivity contribution in [2.24, 2.45) is 0 Å². The van der Waals surface area contributed by atoms with Gasteiger partial charge in [0.15, 0.2) is 0 Å². The number of nitrogens with one attached hydrogen (secondary N) is 1. The number of ether oxygens (including phenoxy) is 1. The van der Waals surface area contributed by atoms with Crippen molar-refractivity contribution in [2.75, 3.05) is 6.61 Å². The molecule has 0 atom stereocenters. The molecular weight excluding hydrogens is 290 g/mol. The number of rotatable bonds is 7. The molecule has 1 aliphatic rings. The van der Waals surface area contributed by atoms with E-state index in [1.165, 1.54) is 18.4 Å². The Hall–Kier alpha value is -0.800. The highest BCUT2D eigenvalue weighted by molar-refractivity contribution is 9.10. The third kappa shape index (κ3) is 4.14. The summed E-state index contributed by atoms with van der Waals surface area (Å²) < 4.78 is 6.87. The zero-order valence-electron chi connectivity index (χ0n) is 10.8. The summed E-state index contributed by atoms with van der Waals surface area (Å²) in [5.41, 5.74) is 2.37. The third-order valence-electron chi connectivity index (χ3n) is 3.12. The van der Waals surface area contributed by atoms with Crippen LogP contribution < -0.4 is 10.1 Å². The molecule has 1 aliphatic carbocycles. The summed E-state index contributed by atoms with van der Waals surface area (Å²) in [5.74, 6) is 0.917. The fraction of sp³-hybridized carbons (Fsp3) is 0.467. The minimum Gasteiger partial charge on any atom is -0.489 e. The average molecular weight is 310 g/mol. The maximum absolute atomic E-state index is 5.73. The summed E-state index contributed by atoms with van der Waals surface area (Å²) >= 11 is 3.58. The fourth-order valence-corrected chi connectivity index (χ4v) is 1.99. The second-order valence-electron chi connectivity index (χ2n) is 4.80. The fourth-order valence-electron chi connectivity index (χ4n) is 1.61. The molecule has 0 saturated heterocycles. The van der Waals surface area contributed by atoms with E-state index in [4.69, 9.17) is 4.74 Å². The van der Waals surface area contributed by atoms with Crippen LogP contribution in [-0.4, -0.2) is 12.6 Å². The lowest BCUT2D eigenvalue weighted by atomic mass is 10.2. The van der Waals surface area contributed by atoms with Crippen LogP contribution in [0.1, 0.15) is 31.7 Å². The van der Waals surface area contributed by atoms with E-state index < -0.39 is 0 Å². The number of benzene rings is 1. The van der Waals surface area contributed by atoms with E-state index >= 15 is 0 Å². The first-order valence-corrected chi connectivity index (χ1v) is 7.29. The van der Waals surface area contributed by atoms with Crippen molar-refractivity contribution in [1.82, 2.24) is 5.32 Å². The molecule has 98 valence electrons. The lowest BCUT2D eigenvalue weighted by molar-refractivity contribution is 0.348. The smallest absolute Gasteiger partial charge is 0.120 e. The van der Waals surface area contributed by atoms with Gasteiger partial charge in [0, 0.05) is 17.1 Å². The van der Waals surface area contributed by atoms with E-state index in [1.807, 2.05) is 12.1 Å². The minimum absolute atomic E-state index is 0.605. The van der Waals surface area contributed by atoms with Gasteiger partial charge in [-0.15, -0.1) is 0 Å². The van der Waals surface area contributed by atoms with Crippen molar-refractivity contribution in [3.05, 3.63) is 40.4 Å². The van der Waals surface area contributed by atoms with E-state index in [9.17, 15) is 0 Å². The molecule has 0 radical (unpaired) electrons. The van der Waals surface area contributed by atoms with Crippen LogP contribution in [0.4, 0.5) is 0 Å². The van der Waals surface area contributed by atoms with Crippen LogP contribution in [0.3, 0.4) is 0 Å². The third-order valence-corrected chi connectivity index (χ3v) is 3.89. The standard InChI is InChI=1S/C15H20BrNO/c1-3-11(2)10-18-14-6-7-15(16)12(8-14)9-17-13-4-5-13/h6-8,13,17H,2-5,9-10H2,1H3. The highest BCUT2D eigenvalue weighted by Gasteiger charge is 2.20. The summed E-state index contributed by atoms with van der Waals surface area (Å²) in [4.78, 5) is 0. The molecule has 0 aromatic heterocycles. The van der Waals surface area contributed by atoms with E-state index in [-0.39, 0.29) is 0 Å². The van der Waals surface area contributed by atoms with Crippen molar-refractivity contribution in [1.29, 1.82) is 0 Å². The SMILES string of the molecule is C=C(CC)COc1ccc(Br)c(CNC2CC2)c1. The Kier molecular flexibility index (Phi) is 4.84. The normalized spacial score (nSPS) is 14.6. The van der Waals surface area contributed by atoms with Gasteiger partial charge < -0.3 is 10.1 Å². The summed E-state index contributed by atoms with van der Waals surface area (Å²) in [7, 11) is 0. The van der Waals surface area contributed by atoms with Gasteiger partial charge in [-0.3, -0.25) is 0 Å². The van der Waals surface area contributed by atoms with E-state index in [1.54, 1.807) is 0 Å². The summed E-state index contributed by atoms with van der Waals surface area (Å²) in [6, 6.07) is 6.87. The highest BCUT2D eigenvalue weighted by Crippen LogP contribution is 2.25. The quantitative estimate of drug-likeness (QED) is 0.767. The Labute approximate surface area is 118 Å². The van der Waals surface area contributed by atoms with E-state index in [0.29, 0.717) is 6.61 Å². The van der Waals surface area contributed by atoms with Crippen LogP contribution in [-0.2, 0) is 6.54 Å². The lowest BCUT2D eigenvalue weighted by Gasteiger charge is -2.11. The summed E-state index contributed by atoms with van der Waals surface area (Å²) in [6.07, 6.45) is 3.58. The average Bonchev–Trinajstić information content (AvgIpc) is 3.19. The molecule has 0 unspecified atom stereocenters. The van der Waals surface area contributed by atoms with Gasteiger partial charge in [-0.25, -0.2) is 0 Å². The molecule has 0 amide bonds. The number of hydrogen-bond acceptors (Lipinski definition) is 2. The van der Waals surface area contributed by atoms with Crippen LogP contribution in [0.5, 0.6) is 5.75 Å². The maximum atomic E-state index is 5.73. The molecule has 0 heterocycles. The molecule has 1 N–H and O–H groups in total. The van der Waals surface area contributed by atoms with Gasteiger partial charge in [0.05, 0.1) is 0 Å². The first kappa shape index (κ1) is 13.6. The first-order valence-electron chi connectivity index (χ1n) is 6.50. The van der Waals surface area contributed by atoms with Crippen molar-refractivity contribution in [2.45, 2.75) is 38.8 Å². The first-order chi connectivity index (χ1) is 8.69. The van der Waals surface area contributed by atoms with Crippen molar-refractivity contribution in [3.8, 4) is 5.75 Å². The van der Waals surface area contributed by atoms with E-state index in [2.05, 4.69) is 40.8 Å². The van der Waals surface area contributed by atoms with Gasteiger partial charge in [-0.1, -0.05) is 29.4 Å². The zero-order chi connectivity index (χ0) is 13.0. The molecule has 0 spiro atoms. The Morgan fingerprint density at radius 3 is 2.94 bits per heavy atom. The molecular formula is C15H20BrNO. The monoisotopic (exact) mass is 309 g/mol. The molecule has 2 nitrogen and oxygen atoms in total. The van der Waals surface area contributed by atoms with Crippen LogP contribution in [0.2, 0.25) is 0 Å². The van der Waals surface area contributed by atoms with Gasteiger partial charge in [0.25, 0.3) is 0 Å². The maximum Gasteiger partial charge on any atom is 0.120 e. The zero-order valence-corrected chi connectivity index (χ0v) is 12.4. The number of hydrogen-bond donors (Lipinski definition) is 1. The van der Waals surface area contributed by atoms with Crippen molar-refractivity contribution in [3.63, 3.8) is 0 Å². The van der Waals surface area contributed by atoms with Crippen LogP contribution >= 0.6 is 15.9 Å². The molecule has 1 fully saturated rings. The van der Waals surface area contributed by atoms with Gasteiger partial charge in [-0.05, 0) is 48.6 Å². The molecule has 0 aliphatic heterocycles. The van der Waals surface area contributed by atoms with E-state index in [0.717, 1.165) is 34.8 Å².